The van der Waals surface area contributed by atoms with Crippen molar-refractivity contribution in [2.45, 2.75) is 24.3 Å². The van der Waals surface area contributed by atoms with Crippen molar-refractivity contribution in [2.75, 3.05) is 18.2 Å². The number of thioether (sulfide) groups is 1. The number of methoxy groups -OCH3 is 1. The average molecular weight is 436 g/mol. The Balaban J connectivity index is 1.53. The van der Waals surface area contributed by atoms with Crippen LogP contribution in [0.5, 0.6) is 5.75 Å². The zero-order valence-corrected chi connectivity index (χ0v) is 17.9. The second-order valence-electron chi connectivity index (χ2n) is 6.40. The molecule has 3 N–H and O–H groups in total. The minimum atomic E-state index is 0.145. The summed E-state index contributed by atoms with van der Waals surface area (Å²) in [7, 11) is 1.61. The quantitative estimate of drug-likeness (QED) is 0.398. The monoisotopic (exact) mass is 435 g/mol. The third kappa shape index (κ3) is 4.72. The van der Waals surface area contributed by atoms with Crippen LogP contribution in [0, 0.1) is 0 Å². The third-order valence-electron chi connectivity index (χ3n) is 4.43. The number of benzene rings is 2. The van der Waals surface area contributed by atoms with Crippen LogP contribution in [0.3, 0.4) is 0 Å². The van der Waals surface area contributed by atoms with Gasteiger partial charge in [-0.3, -0.25) is 0 Å². The van der Waals surface area contributed by atoms with Gasteiger partial charge in [-0.2, -0.15) is 19.6 Å². The molecular weight excluding hydrogens is 414 g/mol. The van der Waals surface area contributed by atoms with Crippen LogP contribution in [-0.2, 0) is 12.2 Å². The summed E-state index contributed by atoms with van der Waals surface area (Å²) in [6.07, 6.45) is 0.887. The van der Waals surface area contributed by atoms with Crippen LogP contribution in [0.1, 0.15) is 18.3 Å². The number of nitrogen functional groups attached to an aromatic ring is 1. The zero-order valence-electron chi connectivity index (χ0n) is 17.1. The fourth-order valence-electron chi connectivity index (χ4n) is 2.98. The maximum Gasteiger partial charge on any atom is 0.232 e. The Morgan fingerprint density at radius 3 is 2.71 bits per heavy atom. The number of aryl methyl sites for hydroxylation is 1. The molecule has 0 fully saturated rings. The standard InChI is InChI=1S/C20H21N9OS/c1-3-13-8-4-5-9-14(13)22-19-24-17(23-18(21)25-19)12-31-20-26-27-28-29(20)15-10-6-7-11-16(15)30-2/h4-11H,3,12H2,1-2H3,(H3,21,22,23,24,25). The fraction of sp³-hybridized carbons (Fsp3) is 0.200. The number of hydrogen-bond acceptors (Lipinski definition) is 10. The van der Waals surface area contributed by atoms with Gasteiger partial charge in [0.15, 0.2) is 0 Å². The molecule has 2 aromatic carbocycles. The Hall–Kier alpha value is -3.73. The smallest absolute Gasteiger partial charge is 0.232 e. The van der Waals surface area contributed by atoms with E-state index < -0.39 is 0 Å². The van der Waals surface area contributed by atoms with Gasteiger partial charge < -0.3 is 15.8 Å². The molecule has 31 heavy (non-hydrogen) atoms. The van der Waals surface area contributed by atoms with E-state index in [1.807, 2.05) is 42.5 Å². The molecule has 2 aromatic heterocycles. The van der Waals surface area contributed by atoms with Gasteiger partial charge in [0.2, 0.25) is 17.1 Å². The van der Waals surface area contributed by atoms with Gasteiger partial charge in [0.25, 0.3) is 0 Å². The highest BCUT2D eigenvalue weighted by Crippen LogP contribution is 2.27. The number of tetrazole rings is 1. The molecule has 0 spiro atoms. The number of nitrogens with two attached hydrogens (primary N) is 1. The maximum atomic E-state index is 5.92. The SMILES string of the molecule is CCc1ccccc1Nc1nc(N)nc(CSc2nnnn2-c2ccccc2OC)n1. The highest BCUT2D eigenvalue weighted by atomic mass is 32.2. The van der Waals surface area contributed by atoms with Gasteiger partial charge >= 0.3 is 0 Å². The van der Waals surface area contributed by atoms with Crippen LogP contribution >= 0.6 is 11.8 Å². The topological polar surface area (TPSA) is 130 Å². The van der Waals surface area contributed by atoms with Crippen molar-refractivity contribution in [3.8, 4) is 11.4 Å². The van der Waals surface area contributed by atoms with Crippen LogP contribution < -0.4 is 15.8 Å². The number of para-hydroxylation sites is 3. The van der Waals surface area contributed by atoms with E-state index in [1.54, 1.807) is 11.8 Å². The lowest BCUT2D eigenvalue weighted by Gasteiger charge is -2.11. The Bertz CT molecular complexity index is 1180. The number of ether oxygens (including phenoxy) is 1. The third-order valence-corrected chi connectivity index (χ3v) is 5.34. The average Bonchev–Trinajstić information content (AvgIpc) is 3.26. The van der Waals surface area contributed by atoms with Crippen molar-refractivity contribution >= 4 is 29.3 Å². The van der Waals surface area contributed by atoms with Crippen LogP contribution in [0.15, 0.2) is 53.7 Å². The molecule has 11 heteroatoms. The molecule has 0 unspecified atom stereocenters. The Labute approximate surface area is 183 Å². The number of anilines is 3. The van der Waals surface area contributed by atoms with Gasteiger partial charge in [0, 0.05) is 5.69 Å². The van der Waals surface area contributed by atoms with Crippen molar-refractivity contribution in [3.05, 3.63) is 59.9 Å². The summed E-state index contributed by atoms with van der Waals surface area (Å²) in [5.41, 5.74) is 8.76. The molecule has 0 radical (unpaired) electrons. The molecule has 158 valence electrons. The number of nitrogens with one attached hydrogen (secondary N) is 1. The number of nitrogens with zero attached hydrogens (tertiary/aromatic N) is 7. The molecule has 4 rings (SSSR count). The molecule has 0 amide bonds. The van der Waals surface area contributed by atoms with Gasteiger partial charge in [0.05, 0.1) is 12.9 Å². The Morgan fingerprint density at radius 2 is 1.87 bits per heavy atom. The van der Waals surface area contributed by atoms with E-state index in [1.165, 1.54) is 11.8 Å². The summed E-state index contributed by atoms with van der Waals surface area (Å²) in [5, 5.41) is 15.8. The molecule has 2 heterocycles. The minimum Gasteiger partial charge on any atom is -0.494 e. The summed E-state index contributed by atoms with van der Waals surface area (Å²) in [4.78, 5) is 13.0. The number of hydrogen-bond donors (Lipinski definition) is 2. The van der Waals surface area contributed by atoms with E-state index >= 15 is 0 Å². The van der Waals surface area contributed by atoms with E-state index in [-0.39, 0.29) is 5.95 Å². The first kappa shape index (κ1) is 20.5. The van der Waals surface area contributed by atoms with Gasteiger partial charge in [-0.25, -0.2) is 0 Å². The first-order valence-corrected chi connectivity index (χ1v) is 10.6. The molecule has 0 atom stereocenters. The summed E-state index contributed by atoms with van der Waals surface area (Å²) in [5.74, 6) is 2.14. The van der Waals surface area contributed by atoms with Crippen molar-refractivity contribution in [2.24, 2.45) is 0 Å². The molecule has 0 saturated heterocycles. The second kappa shape index (κ2) is 9.39. The highest BCUT2D eigenvalue weighted by Gasteiger charge is 2.14. The van der Waals surface area contributed by atoms with E-state index in [4.69, 9.17) is 10.5 Å². The number of aromatic nitrogens is 7. The summed E-state index contributed by atoms with van der Waals surface area (Å²) >= 11 is 1.39. The summed E-state index contributed by atoms with van der Waals surface area (Å²) in [6, 6.07) is 15.5. The number of rotatable bonds is 8. The lowest BCUT2D eigenvalue weighted by molar-refractivity contribution is 0.410. The fourth-order valence-corrected chi connectivity index (χ4v) is 3.72. The first-order chi connectivity index (χ1) is 15.2. The lowest BCUT2D eigenvalue weighted by atomic mass is 10.1. The van der Waals surface area contributed by atoms with Gasteiger partial charge in [0.1, 0.15) is 17.3 Å². The largest absolute Gasteiger partial charge is 0.494 e. The van der Waals surface area contributed by atoms with Crippen molar-refractivity contribution in [1.82, 2.24) is 35.2 Å². The molecule has 0 aliphatic heterocycles. The van der Waals surface area contributed by atoms with Crippen LogP contribution in [0.25, 0.3) is 5.69 Å². The molecule has 0 aliphatic carbocycles. The van der Waals surface area contributed by atoms with E-state index in [0.717, 1.165) is 23.4 Å². The van der Waals surface area contributed by atoms with E-state index in [9.17, 15) is 0 Å². The first-order valence-electron chi connectivity index (χ1n) is 9.58. The van der Waals surface area contributed by atoms with Crippen molar-refractivity contribution < 1.29 is 4.74 Å². The summed E-state index contributed by atoms with van der Waals surface area (Å²) < 4.78 is 7.03. The van der Waals surface area contributed by atoms with Crippen molar-refractivity contribution in [1.29, 1.82) is 0 Å². The molecule has 0 bridgehead atoms. The van der Waals surface area contributed by atoms with Gasteiger partial charge in [-0.05, 0) is 40.6 Å². The Morgan fingerprint density at radius 1 is 1.06 bits per heavy atom. The summed E-state index contributed by atoms with van der Waals surface area (Å²) in [6.45, 7) is 2.09. The zero-order chi connectivity index (χ0) is 21.6. The lowest BCUT2D eigenvalue weighted by Crippen LogP contribution is -2.08. The molecule has 4 aromatic rings. The molecule has 0 aliphatic rings. The van der Waals surface area contributed by atoms with E-state index in [0.29, 0.717) is 28.4 Å². The molecular formula is C20H21N9OS. The maximum absolute atomic E-state index is 5.92. The van der Waals surface area contributed by atoms with E-state index in [2.05, 4.69) is 48.8 Å². The van der Waals surface area contributed by atoms with Crippen LogP contribution in [0.2, 0.25) is 0 Å². The minimum absolute atomic E-state index is 0.145. The highest BCUT2D eigenvalue weighted by molar-refractivity contribution is 7.98. The molecule has 0 saturated carbocycles. The van der Waals surface area contributed by atoms with Crippen molar-refractivity contribution in [3.63, 3.8) is 0 Å². The Kier molecular flexibility index (Phi) is 6.22. The molecule has 10 nitrogen and oxygen atoms in total. The predicted molar refractivity (Wildman–Crippen MR) is 119 cm³/mol. The predicted octanol–water partition coefficient (Wildman–Crippen LogP) is 3.04. The normalized spacial score (nSPS) is 10.8. The van der Waals surface area contributed by atoms with Crippen LogP contribution in [-0.4, -0.2) is 42.3 Å². The van der Waals surface area contributed by atoms with Crippen LogP contribution in [0.4, 0.5) is 17.6 Å². The van der Waals surface area contributed by atoms with Gasteiger partial charge in [-0.15, -0.1) is 5.10 Å². The van der Waals surface area contributed by atoms with Gasteiger partial charge in [-0.1, -0.05) is 49.0 Å². The second-order valence-corrected chi connectivity index (χ2v) is 7.35.